The van der Waals surface area contributed by atoms with Crippen molar-refractivity contribution in [3.63, 3.8) is 0 Å². The molecule has 0 aliphatic heterocycles. The van der Waals surface area contributed by atoms with Gasteiger partial charge in [0.2, 0.25) is 11.8 Å². The highest BCUT2D eigenvalue weighted by Gasteiger charge is 2.22. The molecule has 0 aliphatic carbocycles. The lowest BCUT2D eigenvalue weighted by atomic mass is 10.1. The van der Waals surface area contributed by atoms with Crippen molar-refractivity contribution in [2.24, 2.45) is 0 Å². The Labute approximate surface area is 145 Å². The standard InChI is InChI=1S/C16H23N3O6/c1-16(2,3)25-15(23)17-9-12(20)19-11(14(21)22)8-10-6-5-7-13(18-10)24-4/h5-7,11H,8-9H2,1-4H3,(H,17,23)(H,19,20)(H,21,22). The van der Waals surface area contributed by atoms with Gasteiger partial charge in [-0.25, -0.2) is 14.6 Å². The average molecular weight is 353 g/mol. The SMILES string of the molecule is COc1cccc(CC(NC(=O)CNC(=O)OC(C)(C)C)C(=O)O)n1. The van der Waals surface area contributed by atoms with Crippen molar-refractivity contribution in [3.8, 4) is 5.88 Å². The zero-order valence-corrected chi connectivity index (χ0v) is 14.7. The Bertz CT molecular complexity index is 627. The van der Waals surface area contributed by atoms with Gasteiger partial charge in [-0.1, -0.05) is 6.07 Å². The van der Waals surface area contributed by atoms with Crippen LogP contribution in [-0.4, -0.2) is 53.4 Å². The Kier molecular flexibility index (Phi) is 7.16. The van der Waals surface area contributed by atoms with Crippen LogP contribution in [0.4, 0.5) is 4.79 Å². The summed E-state index contributed by atoms with van der Waals surface area (Å²) in [5.41, 5.74) is -0.241. The quantitative estimate of drug-likeness (QED) is 0.659. The maximum absolute atomic E-state index is 11.9. The number of nitrogens with zero attached hydrogens (tertiary/aromatic N) is 1. The van der Waals surface area contributed by atoms with Crippen LogP contribution < -0.4 is 15.4 Å². The molecule has 1 aromatic heterocycles. The number of amides is 2. The largest absolute Gasteiger partial charge is 0.481 e. The summed E-state index contributed by atoms with van der Waals surface area (Å²) in [7, 11) is 1.45. The van der Waals surface area contributed by atoms with E-state index in [1.54, 1.807) is 39.0 Å². The van der Waals surface area contributed by atoms with E-state index in [0.717, 1.165) is 0 Å². The van der Waals surface area contributed by atoms with E-state index in [-0.39, 0.29) is 6.42 Å². The number of rotatable bonds is 7. The number of aromatic nitrogens is 1. The molecule has 138 valence electrons. The normalized spacial score (nSPS) is 12.0. The van der Waals surface area contributed by atoms with Gasteiger partial charge in [0.05, 0.1) is 7.11 Å². The summed E-state index contributed by atoms with van der Waals surface area (Å²) < 4.78 is 9.97. The fourth-order valence-corrected chi connectivity index (χ4v) is 1.81. The van der Waals surface area contributed by atoms with Crippen LogP contribution >= 0.6 is 0 Å². The topological polar surface area (TPSA) is 127 Å². The van der Waals surface area contributed by atoms with Gasteiger partial charge in [0.15, 0.2) is 0 Å². The molecule has 1 heterocycles. The number of hydrogen-bond donors (Lipinski definition) is 3. The fourth-order valence-electron chi connectivity index (χ4n) is 1.81. The maximum atomic E-state index is 11.9. The van der Waals surface area contributed by atoms with Crippen molar-refractivity contribution >= 4 is 18.0 Å². The molecule has 3 N–H and O–H groups in total. The molecule has 1 aromatic rings. The summed E-state index contributed by atoms with van der Waals surface area (Å²) in [5, 5.41) is 13.8. The molecule has 0 saturated carbocycles. The van der Waals surface area contributed by atoms with Crippen molar-refractivity contribution in [2.45, 2.75) is 38.8 Å². The van der Waals surface area contributed by atoms with Crippen molar-refractivity contribution in [2.75, 3.05) is 13.7 Å². The molecule has 0 radical (unpaired) electrons. The van der Waals surface area contributed by atoms with E-state index in [1.165, 1.54) is 7.11 Å². The highest BCUT2D eigenvalue weighted by Crippen LogP contribution is 2.09. The van der Waals surface area contributed by atoms with E-state index in [0.29, 0.717) is 11.6 Å². The summed E-state index contributed by atoms with van der Waals surface area (Å²) in [5.74, 6) is -1.52. The lowest BCUT2D eigenvalue weighted by molar-refractivity contribution is -0.141. The Hall–Kier alpha value is -2.84. The number of carboxylic acids is 1. The van der Waals surface area contributed by atoms with Gasteiger partial charge in [-0.3, -0.25) is 4.79 Å². The highest BCUT2D eigenvalue weighted by atomic mass is 16.6. The third-order valence-electron chi connectivity index (χ3n) is 2.83. The molecular weight excluding hydrogens is 330 g/mol. The minimum atomic E-state index is -1.21. The first-order chi connectivity index (χ1) is 11.6. The van der Waals surface area contributed by atoms with E-state index in [2.05, 4.69) is 15.6 Å². The van der Waals surface area contributed by atoms with Crippen molar-refractivity contribution < 1.29 is 29.0 Å². The lowest BCUT2D eigenvalue weighted by Gasteiger charge is -2.20. The molecule has 9 nitrogen and oxygen atoms in total. The number of carbonyl (C=O) groups is 3. The molecule has 0 aliphatic rings. The second kappa shape index (κ2) is 8.86. The maximum Gasteiger partial charge on any atom is 0.408 e. The molecule has 9 heteroatoms. The van der Waals surface area contributed by atoms with Crippen molar-refractivity contribution in [1.29, 1.82) is 0 Å². The van der Waals surface area contributed by atoms with Crippen LogP contribution in [-0.2, 0) is 20.7 Å². The Balaban J connectivity index is 2.58. The van der Waals surface area contributed by atoms with Gasteiger partial charge < -0.3 is 25.2 Å². The second-order valence-corrected chi connectivity index (χ2v) is 6.19. The van der Waals surface area contributed by atoms with Gasteiger partial charge in [-0.05, 0) is 26.8 Å². The fraction of sp³-hybridized carbons (Fsp3) is 0.500. The zero-order chi connectivity index (χ0) is 19.0. The molecule has 25 heavy (non-hydrogen) atoms. The molecule has 0 saturated heterocycles. The zero-order valence-electron chi connectivity index (χ0n) is 14.7. The molecule has 0 spiro atoms. The molecule has 1 rings (SSSR count). The van der Waals surface area contributed by atoms with Crippen LogP contribution in [0, 0.1) is 0 Å². The Morgan fingerprint density at radius 1 is 1.28 bits per heavy atom. The molecule has 1 atom stereocenters. The summed E-state index contributed by atoms with van der Waals surface area (Å²) in [6.07, 6.45) is -0.783. The predicted octanol–water partition coefficient (Wildman–Crippen LogP) is 0.727. The van der Waals surface area contributed by atoms with E-state index in [1.807, 2.05) is 0 Å². The first-order valence-electron chi connectivity index (χ1n) is 7.59. The number of carboxylic acid groups (broad SMARTS) is 1. The van der Waals surface area contributed by atoms with Gasteiger partial charge in [0, 0.05) is 18.2 Å². The van der Waals surface area contributed by atoms with Crippen LogP contribution in [0.25, 0.3) is 0 Å². The average Bonchev–Trinajstić information content (AvgIpc) is 2.51. The van der Waals surface area contributed by atoms with Crippen molar-refractivity contribution in [3.05, 3.63) is 23.9 Å². The van der Waals surface area contributed by atoms with E-state index >= 15 is 0 Å². The number of methoxy groups -OCH3 is 1. The van der Waals surface area contributed by atoms with E-state index < -0.39 is 36.2 Å². The third-order valence-corrected chi connectivity index (χ3v) is 2.83. The van der Waals surface area contributed by atoms with E-state index in [4.69, 9.17) is 9.47 Å². The Morgan fingerprint density at radius 3 is 2.52 bits per heavy atom. The number of hydrogen-bond acceptors (Lipinski definition) is 6. The first kappa shape index (κ1) is 20.2. The minimum absolute atomic E-state index is 0.0231. The third kappa shape index (κ3) is 8.00. The van der Waals surface area contributed by atoms with Crippen LogP contribution in [0.2, 0.25) is 0 Å². The van der Waals surface area contributed by atoms with Crippen LogP contribution in [0.1, 0.15) is 26.5 Å². The van der Waals surface area contributed by atoms with Crippen LogP contribution in [0.15, 0.2) is 18.2 Å². The summed E-state index contributed by atoms with van der Waals surface area (Å²) in [6, 6.07) is 3.74. The van der Waals surface area contributed by atoms with E-state index in [9.17, 15) is 19.5 Å². The number of aliphatic carboxylic acids is 1. The van der Waals surface area contributed by atoms with Gasteiger partial charge >= 0.3 is 12.1 Å². The molecule has 0 bridgehead atoms. The van der Waals surface area contributed by atoms with Gasteiger partial charge in [-0.2, -0.15) is 0 Å². The molecule has 1 unspecified atom stereocenters. The number of ether oxygens (including phenoxy) is 2. The summed E-state index contributed by atoms with van der Waals surface area (Å²) in [6.45, 7) is 4.67. The monoisotopic (exact) mass is 353 g/mol. The van der Waals surface area contributed by atoms with Crippen LogP contribution in [0.5, 0.6) is 5.88 Å². The summed E-state index contributed by atoms with van der Waals surface area (Å²) >= 11 is 0. The Morgan fingerprint density at radius 2 is 1.96 bits per heavy atom. The molecule has 2 amide bonds. The second-order valence-electron chi connectivity index (χ2n) is 6.19. The smallest absolute Gasteiger partial charge is 0.408 e. The van der Waals surface area contributed by atoms with Gasteiger partial charge in [-0.15, -0.1) is 0 Å². The number of alkyl carbamates (subject to hydrolysis) is 1. The number of pyridine rings is 1. The minimum Gasteiger partial charge on any atom is -0.481 e. The molecular formula is C16H23N3O6. The first-order valence-corrected chi connectivity index (χ1v) is 7.59. The van der Waals surface area contributed by atoms with Gasteiger partial charge in [0.25, 0.3) is 0 Å². The number of carbonyl (C=O) groups excluding carboxylic acids is 2. The highest BCUT2D eigenvalue weighted by molar-refractivity contribution is 5.86. The summed E-state index contributed by atoms with van der Waals surface area (Å²) in [4.78, 5) is 38.8. The van der Waals surface area contributed by atoms with Gasteiger partial charge in [0.1, 0.15) is 18.2 Å². The van der Waals surface area contributed by atoms with Crippen LogP contribution in [0.3, 0.4) is 0 Å². The predicted molar refractivity (Wildman–Crippen MR) is 88.3 cm³/mol. The molecule has 0 fully saturated rings. The number of nitrogens with one attached hydrogen (secondary N) is 2. The lowest BCUT2D eigenvalue weighted by Crippen LogP contribution is -2.47. The molecule has 0 aromatic carbocycles. The van der Waals surface area contributed by atoms with Crippen molar-refractivity contribution in [1.82, 2.24) is 15.6 Å².